The van der Waals surface area contributed by atoms with E-state index in [-0.39, 0.29) is 6.10 Å². The maximum Gasteiger partial charge on any atom is 0.142 e. The van der Waals surface area contributed by atoms with Gasteiger partial charge in [0, 0.05) is 0 Å². The summed E-state index contributed by atoms with van der Waals surface area (Å²) in [7, 11) is 0. The molecule has 2 rings (SSSR count). The third-order valence-corrected chi connectivity index (χ3v) is 1.98. The minimum atomic E-state index is 0.255. The van der Waals surface area contributed by atoms with Crippen LogP contribution in [0.2, 0.25) is 0 Å². The van der Waals surface area contributed by atoms with Crippen LogP contribution < -0.4 is 0 Å². The number of ether oxygens (including phenoxy) is 1. The normalized spacial score (nSPS) is 28.8. The molecule has 0 saturated carbocycles. The minimum absolute atomic E-state index is 0.255. The van der Waals surface area contributed by atoms with E-state index in [4.69, 9.17) is 9.15 Å². The Morgan fingerprint density at radius 1 is 1.55 bits per heavy atom. The fourth-order valence-corrected chi connectivity index (χ4v) is 1.35. The van der Waals surface area contributed by atoms with Gasteiger partial charge in [-0.1, -0.05) is 13.3 Å². The third-order valence-electron chi connectivity index (χ3n) is 1.98. The van der Waals surface area contributed by atoms with Crippen molar-refractivity contribution in [2.45, 2.75) is 32.0 Å². The smallest absolute Gasteiger partial charge is 0.142 e. The first-order chi connectivity index (χ1) is 5.42. The Morgan fingerprint density at radius 3 is 3.09 bits per heavy atom. The second-order valence-electron chi connectivity index (χ2n) is 2.90. The molecule has 2 heteroatoms. The second-order valence-corrected chi connectivity index (χ2v) is 2.90. The summed E-state index contributed by atoms with van der Waals surface area (Å²) in [4.78, 5) is 0. The molecule has 2 heterocycles. The minimum Gasteiger partial charge on any atom is -0.466 e. The predicted octanol–water partition coefficient (Wildman–Crippen LogP) is 2.52. The summed E-state index contributed by atoms with van der Waals surface area (Å²) in [5.74, 6) is 0.975. The standard InChI is InChI=1S/C9H12O2/c1-2-4-8-9(11-8)7-5-3-6-10-7/h3,5-6,8-9H,2,4H2,1H3. The van der Waals surface area contributed by atoms with Gasteiger partial charge in [-0.15, -0.1) is 0 Å². The first-order valence-corrected chi connectivity index (χ1v) is 4.10. The molecular weight excluding hydrogens is 140 g/mol. The quantitative estimate of drug-likeness (QED) is 0.622. The van der Waals surface area contributed by atoms with Crippen LogP contribution in [0.5, 0.6) is 0 Å². The molecular formula is C9H12O2. The highest BCUT2D eigenvalue weighted by atomic mass is 16.6. The summed E-state index contributed by atoms with van der Waals surface area (Å²) in [6, 6.07) is 3.88. The molecule has 1 saturated heterocycles. The summed E-state index contributed by atoms with van der Waals surface area (Å²) < 4.78 is 10.6. The van der Waals surface area contributed by atoms with Crippen LogP contribution in [0.3, 0.4) is 0 Å². The van der Waals surface area contributed by atoms with Gasteiger partial charge < -0.3 is 9.15 Å². The lowest BCUT2D eigenvalue weighted by atomic mass is 10.2. The zero-order chi connectivity index (χ0) is 7.68. The summed E-state index contributed by atoms with van der Waals surface area (Å²) in [5, 5.41) is 0. The summed E-state index contributed by atoms with van der Waals surface area (Å²) in [5.41, 5.74) is 0. The zero-order valence-corrected chi connectivity index (χ0v) is 6.62. The second kappa shape index (κ2) is 2.70. The topological polar surface area (TPSA) is 25.7 Å². The van der Waals surface area contributed by atoms with Crippen molar-refractivity contribution in [2.75, 3.05) is 0 Å². The van der Waals surface area contributed by atoms with Crippen molar-refractivity contribution in [3.8, 4) is 0 Å². The highest BCUT2D eigenvalue weighted by Crippen LogP contribution is 2.41. The van der Waals surface area contributed by atoms with Crippen molar-refractivity contribution in [1.29, 1.82) is 0 Å². The van der Waals surface area contributed by atoms with E-state index in [1.165, 1.54) is 6.42 Å². The Morgan fingerprint density at radius 2 is 2.45 bits per heavy atom. The zero-order valence-electron chi connectivity index (χ0n) is 6.62. The molecule has 2 unspecified atom stereocenters. The SMILES string of the molecule is CCCC1OC1c1ccco1. The average molecular weight is 152 g/mol. The van der Waals surface area contributed by atoms with Crippen molar-refractivity contribution in [1.82, 2.24) is 0 Å². The van der Waals surface area contributed by atoms with Gasteiger partial charge in [0.25, 0.3) is 0 Å². The Hall–Kier alpha value is -0.760. The number of hydrogen-bond acceptors (Lipinski definition) is 2. The van der Waals surface area contributed by atoms with Gasteiger partial charge in [0.2, 0.25) is 0 Å². The van der Waals surface area contributed by atoms with Gasteiger partial charge >= 0.3 is 0 Å². The van der Waals surface area contributed by atoms with E-state index in [9.17, 15) is 0 Å². The van der Waals surface area contributed by atoms with E-state index >= 15 is 0 Å². The van der Waals surface area contributed by atoms with Crippen LogP contribution in [0.25, 0.3) is 0 Å². The van der Waals surface area contributed by atoms with Crippen molar-refractivity contribution < 1.29 is 9.15 Å². The lowest BCUT2D eigenvalue weighted by Crippen LogP contribution is -1.85. The summed E-state index contributed by atoms with van der Waals surface area (Å²) >= 11 is 0. The van der Waals surface area contributed by atoms with Crippen LogP contribution >= 0.6 is 0 Å². The molecule has 1 aromatic rings. The van der Waals surface area contributed by atoms with Gasteiger partial charge in [-0.2, -0.15) is 0 Å². The molecule has 60 valence electrons. The Bertz CT molecular complexity index is 215. The molecule has 1 aliphatic heterocycles. The molecule has 0 aliphatic carbocycles. The first-order valence-electron chi connectivity index (χ1n) is 4.10. The number of hydrogen-bond donors (Lipinski definition) is 0. The molecule has 0 N–H and O–H groups in total. The number of epoxide rings is 1. The molecule has 1 aromatic heterocycles. The monoisotopic (exact) mass is 152 g/mol. The van der Waals surface area contributed by atoms with Gasteiger partial charge in [0.05, 0.1) is 12.4 Å². The maximum absolute atomic E-state index is 5.41. The highest BCUT2D eigenvalue weighted by molar-refractivity contribution is 5.09. The van der Waals surface area contributed by atoms with E-state index in [2.05, 4.69) is 6.92 Å². The van der Waals surface area contributed by atoms with Gasteiger partial charge in [-0.25, -0.2) is 0 Å². The van der Waals surface area contributed by atoms with Gasteiger partial charge in [0.1, 0.15) is 11.9 Å². The molecule has 0 bridgehead atoms. The summed E-state index contributed by atoms with van der Waals surface area (Å²) in [6.45, 7) is 2.17. The molecule has 2 nitrogen and oxygen atoms in total. The van der Waals surface area contributed by atoms with E-state index in [1.807, 2.05) is 12.1 Å². The van der Waals surface area contributed by atoms with E-state index in [1.54, 1.807) is 6.26 Å². The fraction of sp³-hybridized carbons (Fsp3) is 0.556. The van der Waals surface area contributed by atoms with Crippen molar-refractivity contribution in [3.05, 3.63) is 24.2 Å². The van der Waals surface area contributed by atoms with Crippen LogP contribution in [-0.4, -0.2) is 6.10 Å². The van der Waals surface area contributed by atoms with Gasteiger partial charge in [0.15, 0.2) is 0 Å². The highest BCUT2D eigenvalue weighted by Gasteiger charge is 2.41. The lowest BCUT2D eigenvalue weighted by Gasteiger charge is -1.86. The summed E-state index contributed by atoms with van der Waals surface area (Å²) in [6.07, 6.45) is 4.70. The van der Waals surface area contributed by atoms with Crippen LogP contribution in [-0.2, 0) is 4.74 Å². The van der Waals surface area contributed by atoms with Crippen LogP contribution in [0, 0.1) is 0 Å². The average Bonchev–Trinajstić information content (AvgIpc) is 2.61. The van der Waals surface area contributed by atoms with Gasteiger partial charge in [-0.05, 0) is 18.6 Å². The lowest BCUT2D eigenvalue weighted by molar-refractivity contribution is 0.342. The third kappa shape index (κ3) is 1.31. The fourth-order valence-electron chi connectivity index (χ4n) is 1.35. The van der Waals surface area contributed by atoms with E-state index in [0.717, 1.165) is 12.2 Å². The number of rotatable bonds is 3. The predicted molar refractivity (Wildman–Crippen MR) is 41.2 cm³/mol. The van der Waals surface area contributed by atoms with E-state index in [0.29, 0.717) is 6.10 Å². The van der Waals surface area contributed by atoms with E-state index < -0.39 is 0 Å². The molecule has 0 spiro atoms. The molecule has 0 aromatic carbocycles. The molecule has 0 amide bonds. The maximum atomic E-state index is 5.41. The van der Waals surface area contributed by atoms with Gasteiger partial charge in [-0.3, -0.25) is 0 Å². The molecule has 2 atom stereocenters. The number of furan rings is 1. The van der Waals surface area contributed by atoms with Crippen LogP contribution in [0.1, 0.15) is 31.6 Å². The Kier molecular flexibility index (Phi) is 1.70. The molecule has 11 heavy (non-hydrogen) atoms. The Balaban J connectivity index is 1.92. The first kappa shape index (κ1) is 6.92. The van der Waals surface area contributed by atoms with Crippen LogP contribution in [0.4, 0.5) is 0 Å². The molecule has 1 aliphatic rings. The van der Waals surface area contributed by atoms with Crippen LogP contribution in [0.15, 0.2) is 22.8 Å². The van der Waals surface area contributed by atoms with Crippen molar-refractivity contribution >= 4 is 0 Å². The largest absolute Gasteiger partial charge is 0.466 e. The van der Waals surface area contributed by atoms with Crippen molar-refractivity contribution in [2.24, 2.45) is 0 Å². The van der Waals surface area contributed by atoms with Crippen molar-refractivity contribution in [3.63, 3.8) is 0 Å². The molecule has 0 radical (unpaired) electrons. The Labute approximate surface area is 66.2 Å². The molecule has 1 fully saturated rings.